The maximum atomic E-state index is 6.46. The number of nitrogens with zero attached hydrogens (tertiary/aromatic N) is 1. The first kappa shape index (κ1) is 30.0. The summed E-state index contributed by atoms with van der Waals surface area (Å²) in [4.78, 5) is 2.48. The Balaban J connectivity index is 1.27. The van der Waals surface area contributed by atoms with Gasteiger partial charge in [0.1, 0.15) is 11.2 Å². The highest BCUT2D eigenvalue weighted by Crippen LogP contribution is 2.51. The Labute approximate surface area is 302 Å². The Kier molecular flexibility index (Phi) is 7.18. The smallest absolute Gasteiger partial charge is 0.143 e. The molecule has 0 radical (unpaired) electrons. The molecule has 0 aliphatic carbocycles. The molecule has 0 unspecified atom stereocenters. The highest BCUT2D eigenvalue weighted by molar-refractivity contribution is 6.22. The third-order valence-electron chi connectivity index (χ3n) is 10.3. The van der Waals surface area contributed by atoms with Crippen LogP contribution in [0.25, 0.3) is 76.9 Å². The summed E-state index contributed by atoms with van der Waals surface area (Å²) in [6, 6.07) is 71.7. The second-order valence-corrected chi connectivity index (χ2v) is 13.2. The van der Waals surface area contributed by atoms with Crippen LogP contribution in [-0.4, -0.2) is 0 Å². The van der Waals surface area contributed by atoms with Crippen molar-refractivity contribution in [3.8, 4) is 33.4 Å². The molecule has 0 N–H and O–H groups in total. The van der Waals surface area contributed by atoms with Crippen LogP contribution in [0.5, 0.6) is 0 Å². The lowest BCUT2D eigenvalue weighted by Gasteiger charge is -2.32. The molecule has 0 saturated heterocycles. The summed E-state index contributed by atoms with van der Waals surface area (Å²) in [7, 11) is 0. The zero-order chi connectivity index (χ0) is 34.4. The van der Waals surface area contributed by atoms with Crippen LogP contribution in [-0.2, 0) is 0 Å². The summed E-state index contributed by atoms with van der Waals surface area (Å²) in [6.45, 7) is 0. The van der Waals surface area contributed by atoms with Crippen molar-refractivity contribution in [2.75, 3.05) is 4.90 Å². The van der Waals surface area contributed by atoms with Crippen LogP contribution in [0, 0.1) is 0 Å². The van der Waals surface area contributed by atoms with Crippen LogP contribution >= 0.6 is 0 Å². The Hall–Kier alpha value is -6.90. The molecule has 0 amide bonds. The first-order valence-corrected chi connectivity index (χ1v) is 17.8. The maximum absolute atomic E-state index is 6.46. The van der Waals surface area contributed by atoms with E-state index in [9.17, 15) is 0 Å². The van der Waals surface area contributed by atoms with Gasteiger partial charge in [-0.05, 0) is 57.1 Å². The topological polar surface area (TPSA) is 16.4 Å². The largest absolute Gasteiger partial charge is 0.455 e. The molecular weight excluding hydrogens is 631 g/mol. The van der Waals surface area contributed by atoms with Gasteiger partial charge in [-0.25, -0.2) is 0 Å². The van der Waals surface area contributed by atoms with Gasteiger partial charge in [-0.1, -0.05) is 176 Å². The van der Waals surface area contributed by atoms with Crippen LogP contribution in [0.3, 0.4) is 0 Å². The van der Waals surface area contributed by atoms with E-state index >= 15 is 0 Å². The summed E-state index contributed by atoms with van der Waals surface area (Å²) < 4.78 is 6.46. The maximum Gasteiger partial charge on any atom is 0.143 e. The Morgan fingerprint density at radius 1 is 0.327 bits per heavy atom. The van der Waals surface area contributed by atoms with Crippen molar-refractivity contribution in [2.24, 2.45) is 0 Å². The van der Waals surface area contributed by atoms with Gasteiger partial charge in [-0.2, -0.15) is 0 Å². The molecule has 1 heterocycles. The van der Waals surface area contributed by atoms with Crippen molar-refractivity contribution >= 4 is 60.5 Å². The van der Waals surface area contributed by atoms with E-state index in [-0.39, 0.29) is 0 Å². The van der Waals surface area contributed by atoms with Gasteiger partial charge >= 0.3 is 0 Å². The monoisotopic (exact) mass is 663 g/mol. The van der Waals surface area contributed by atoms with Gasteiger partial charge in [0.25, 0.3) is 0 Å². The van der Waals surface area contributed by atoms with E-state index in [2.05, 4.69) is 193 Å². The number of benzene rings is 9. The van der Waals surface area contributed by atoms with Crippen molar-refractivity contribution in [3.05, 3.63) is 200 Å². The minimum absolute atomic E-state index is 0.905. The second-order valence-electron chi connectivity index (χ2n) is 13.2. The highest BCUT2D eigenvalue weighted by Gasteiger charge is 2.25. The fourth-order valence-electron chi connectivity index (χ4n) is 7.94. The lowest BCUT2D eigenvalue weighted by molar-refractivity contribution is 0.670. The Morgan fingerprint density at radius 3 is 1.60 bits per heavy atom. The molecule has 2 heteroatoms. The summed E-state index contributed by atoms with van der Waals surface area (Å²) in [5.74, 6) is 0. The van der Waals surface area contributed by atoms with E-state index < -0.39 is 0 Å². The zero-order valence-electron chi connectivity index (χ0n) is 28.4. The van der Waals surface area contributed by atoms with Crippen LogP contribution in [0.15, 0.2) is 205 Å². The van der Waals surface area contributed by atoms with Crippen molar-refractivity contribution in [3.63, 3.8) is 0 Å². The number of anilines is 3. The molecule has 10 rings (SSSR count). The molecule has 0 bridgehead atoms. The van der Waals surface area contributed by atoms with Crippen molar-refractivity contribution < 1.29 is 4.42 Å². The van der Waals surface area contributed by atoms with Crippen molar-refractivity contribution in [1.29, 1.82) is 0 Å². The second kappa shape index (κ2) is 12.5. The molecule has 10 aromatic rings. The molecule has 1 aromatic heterocycles. The number of hydrogen-bond donors (Lipinski definition) is 0. The molecule has 0 aliphatic heterocycles. The quantitative estimate of drug-likeness (QED) is 0.165. The summed E-state index contributed by atoms with van der Waals surface area (Å²) in [5.41, 5.74) is 12.0. The van der Waals surface area contributed by atoms with Gasteiger partial charge < -0.3 is 9.32 Å². The fraction of sp³-hybridized carbons (Fsp3) is 0. The SMILES string of the molecule is c1ccc(-c2ccccc2N(c2ccc(-c3cccc4c3oc3ccccc34)cc2)c2c(-c3ccccc3)c3ccccc3c3ccccc23)cc1. The number of para-hydroxylation sites is 3. The molecule has 0 saturated carbocycles. The predicted octanol–water partition coefficient (Wildman–Crippen LogP) is 14.4. The van der Waals surface area contributed by atoms with Gasteiger partial charge in [0, 0.05) is 38.5 Å². The Morgan fingerprint density at radius 2 is 0.846 bits per heavy atom. The molecular formula is C50H33NO. The van der Waals surface area contributed by atoms with Gasteiger partial charge in [-0.15, -0.1) is 0 Å². The van der Waals surface area contributed by atoms with Crippen LogP contribution < -0.4 is 4.90 Å². The number of hydrogen-bond acceptors (Lipinski definition) is 2. The Bertz CT molecular complexity index is 2890. The lowest BCUT2D eigenvalue weighted by Crippen LogP contribution is -2.13. The van der Waals surface area contributed by atoms with Crippen LogP contribution in [0.1, 0.15) is 0 Å². The van der Waals surface area contributed by atoms with E-state index in [1.807, 2.05) is 12.1 Å². The average Bonchev–Trinajstić information content (AvgIpc) is 3.61. The summed E-state index contributed by atoms with van der Waals surface area (Å²) in [5, 5.41) is 7.15. The van der Waals surface area contributed by atoms with Gasteiger partial charge in [0.15, 0.2) is 0 Å². The minimum Gasteiger partial charge on any atom is -0.455 e. The van der Waals surface area contributed by atoms with Gasteiger partial charge in [0.2, 0.25) is 0 Å². The third-order valence-corrected chi connectivity index (χ3v) is 10.3. The molecule has 9 aromatic carbocycles. The molecule has 0 spiro atoms. The molecule has 0 fully saturated rings. The standard InChI is InChI=1S/C50H33NO/c1-3-16-34(17-4-1)38-20-11-13-28-46(38)51(37-32-30-35(31-33-37)39-26-15-27-45-42-23-12-14-29-47(42)52-50(39)45)49-44-25-10-8-22-41(44)40-21-7-9-24-43(40)48(49)36-18-5-2-6-19-36/h1-33H. The molecule has 2 nitrogen and oxygen atoms in total. The highest BCUT2D eigenvalue weighted by atomic mass is 16.3. The van der Waals surface area contributed by atoms with Crippen molar-refractivity contribution in [2.45, 2.75) is 0 Å². The van der Waals surface area contributed by atoms with Gasteiger partial charge in [0.05, 0.1) is 11.4 Å². The van der Waals surface area contributed by atoms with Crippen LogP contribution in [0.4, 0.5) is 17.1 Å². The lowest BCUT2D eigenvalue weighted by atomic mass is 9.89. The molecule has 244 valence electrons. The average molecular weight is 664 g/mol. The molecule has 0 aliphatic rings. The first-order chi connectivity index (χ1) is 25.8. The summed E-state index contributed by atoms with van der Waals surface area (Å²) >= 11 is 0. The van der Waals surface area contributed by atoms with E-state index in [1.165, 1.54) is 38.2 Å². The predicted molar refractivity (Wildman–Crippen MR) is 220 cm³/mol. The van der Waals surface area contributed by atoms with E-state index in [1.54, 1.807) is 0 Å². The minimum atomic E-state index is 0.905. The fourth-order valence-corrected chi connectivity index (χ4v) is 7.94. The van der Waals surface area contributed by atoms with E-state index in [0.29, 0.717) is 0 Å². The number of fused-ring (bicyclic) bond motifs is 6. The number of furan rings is 1. The van der Waals surface area contributed by atoms with E-state index in [0.717, 1.165) is 55.7 Å². The first-order valence-electron chi connectivity index (χ1n) is 17.8. The normalized spacial score (nSPS) is 11.5. The van der Waals surface area contributed by atoms with Crippen molar-refractivity contribution in [1.82, 2.24) is 0 Å². The van der Waals surface area contributed by atoms with Gasteiger partial charge in [-0.3, -0.25) is 0 Å². The van der Waals surface area contributed by atoms with E-state index in [4.69, 9.17) is 4.42 Å². The molecule has 52 heavy (non-hydrogen) atoms. The number of rotatable bonds is 6. The zero-order valence-corrected chi connectivity index (χ0v) is 28.4. The van der Waals surface area contributed by atoms with Crippen LogP contribution in [0.2, 0.25) is 0 Å². The third kappa shape index (κ3) is 4.88. The molecule has 0 atom stereocenters. The summed E-state index contributed by atoms with van der Waals surface area (Å²) in [6.07, 6.45) is 0.